The van der Waals surface area contributed by atoms with Crippen molar-refractivity contribution in [2.24, 2.45) is 0 Å². The lowest BCUT2D eigenvalue weighted by Crippen LogP contribution is -2.29. The monoisotopic (exact) mass is 307 g/mol. The van der Waals surface area contributed by atoms with Crippen molar-refractivity contribution in [1.82, 2.24) is 0 Å². The number of ketones is 1. The Morgan fingerprint density at radius 2 is 1.76 bits per heavy atom. The Bertz CT molecular complexity index is 776. The van der Waals surface area contributed by atoms with E-state index in [0.29, 0.717) is 10.6 Å². The lowest BCUT2D eigenvalue weighted by atomic mass is 10.1. The van der Waals surface area contributed by atoms with E-state index in [4.69, 9.17) is 11.6 Å². The van der Waals surface area contributed by atoms with Gasteiger partial charge in [-0.1, -0.05) is 23.7 Å². The second-order valence-electron chi connectivity index (χ2n) is 4.60. The van der Waals surface area contributed by atoms with Crippen LogP contribution < -0.4 is 4.90 Å². The number of benzene rings is 2. The number of halogens is 3. The van der Waals surface area contributed by atoms with Crippen molar-refractivity contribution >= 4 is 29.0 Å². The fraction of sp³-hybridized carbons (Fsp3) is 0.0667. The van der Waals surface area contributed by atoms with Gasteiger partial charge in [-0.05, 0) is 29.8 Å². The van der Waals surface area contributed by atoms with Gasteiger partial charge in [0.1, 0.15) is 11.6 Å². The number of amides is 1. The molecule has 0 saturated heterocycles. The van der Waals surface area contributed by atoms with Crippen LogP contribution in [0.1, 0.15) is 15.9 Å². The Labute approximate surface area is 123 Å². The molecule has 0 fully saturated rings. The van der Waals surface area contributed by atoms with E-state index < -0.39 is 28.9 Å². The van der Waals surface area contributed by atoms with Crippen LogP contribution in [-0.2, 0) is 11.3 Å². The second-order valence-corrected chi connectivity index (χ2v) is 5.04. The van der Waals surface area contributed by atoms with Crippen LogP contribution >= 0.6 is 11.6 Å². The zero-order valence-corrected chi connectivity index (χ0v) is 11.3. The first-order valence-corrected chi connectivity index (χ1v) is 6.45. The van der Waals surface area contributed by atoms with Gasteiger partial charge in [-0.25, -0.2) is 8.78 Å². The maximum Gasteiger partial charge on any atom is 0.299 e. The Kier molecular flexibility index (Phi) is 3.22. The number of Topliss-reactive ketones (excluding diaryl/α,β-unsaturated/α-hetero) is 1. The van der Waals surface area contributed by atoms with E-state index >= 15 is 0 Å². The van der Waals surface area contributed by atoms with Crippen LogP contribution in [0.15, 0.2) is 36.4 Å². The van der Waals surface area contributed by atoms with E-state index in [1.807, 2.05) is 0 Å². The molecular weight excluding hydrogens is 300 g/mol. The van der Waals surface area contributed by atoms with Crippen molar-refractivity contribution in [2.75, 3.05) is 4.90 Å². The number of anilines is 1. The summed E-state index contributed by atoms with van der Waals surface area (Å²) in [6, 6.07) is 8.32. The maximum absolute atomic E-state index is 13.9. The summed E-state index contributed by atoms with van der Waals surface area (Å²) in [5.41, 5.74) is -0.216. The van der Waals surface area contributed by atoms with Gasteiger partial charge in [0.15, 0.2) is 0 Å². The van der Waals surface area contributed by atoms with E-state index in [0.717, 1.165) is 17.0 Å². The normalized spacial score (nSPS) is 13.8. The summed E-state index contributed by atoms with van der Waals surface area (Å²) in [5.74, 6) is -3.70. The van der Waals surface area contributed by atoms with Gasteiger partial charge in [0, 0.05) is 5.02 Å². The Hall–Kier alpha value is -2.27. The molecule has 2 aromatic carbocycles. The van der Waals surface area contributed by atoms with Gasteiger partial charge in [0.2, 0.25) is 0 Å². The zero-order valence-electron chi connectivity index (χ0n) is 10.6. The molecule has 106 valence electrons. The van der Waals surface area contributed by atoms with Gasteiger partial charge in [0.05, 0.1) is 17.8 Å². The number of fused-ring (bicyclic) bond motifs is 1. The minimum Gasteiger partial charge on any atom is -0.297 e. The van der Waals surface area contributed by atoms with Crippen molar-refractivity contribution in [3.63, 3.8) is 0 Å². The van der Waals surface area contributed by atoms with E-state index in [1.165, 1.54) is 0 Å². The summed E-state index contributed by atoms with van der Waals surface area (Å²) in [5, 5.41) is 0.449. The van der Waals surface area contributed by atoms with Crippen LogP contribution in [0.5, 0.6) is 0 Å². The summed E-state index contributed by atoms with van der Waals surface area (Å²) in [4.78, 5) is 24.7. The van der Waals surface area contributed by atoms with Crippen LogP contribution in [-0.4, -0.2) is 11.7 Å². The molecule has 1 aliphatic rings. The number of rotatable bonds is 2. The van der Waals surface area contributed by atoms with Crippen LogP contribution in [0.3, 0.4) is 0 Å². The minimum absolute atomic E-state index is 0.0570. The van der Waals surface area contributed by atoms with Gasteiger partial charge < -0.3 is 0 Å². The third-order valence-corrected chi connectivity index (χ3v) is 3.48. The van der Waals surface area contributed by atoms with Crippen LogP contribution in [0.2, 0.25) is 5.02 Å². The summed E-state index contributed by atoms with van der Waals surface area (Å²) >= 11 is 5.85. The highest BCUT2D eigenvalue weighted by atomic mass is 35.5. The molecule has 2 aromatic rings. The quantitative estimate of drug-likeness (QED) is 0.798. The number of nitrogens with zero attached hydrogens (tertiary/aromatic N) is 1. The highest BCUT2D eigenvalue weighted by molar-refractivity contribution is 6.52. The zero-order chi connectivity index (χ0) is 15.1. The van der Waals surface area contributed by atoms with Crippen LogP contribution in [0.25, 0.3) is 0 Å². The summed E-state index contributed by atoms with van der Waals surface area (Å²) in [6.45, 7) is -0.0570. The van der Waals surface area contributed by atoms with Crippen molar-refractivity contribution < 1.29 is 18.4 Å². The maximum atomic E-state index is 13.9. The van der Waals surface area contributed by atoms with E-state index in [9.17, 15) is 18.4 Å². The van der Waals surface area contributed by atoms with Crippen molar-refractivity contribution in [1.29, 1.82) is 0 Å². The Balaban J connectivity index is 2.08. The molecule has 0 radical (unpaired) electrons. The topological polar surface area (TPSA) is 37.4 Å². The van der Waals surface area contributed by atoms with Crippen LogP contribution in [0.4, 0.5) is 14.5 Å². The molecule has 1 aliphatic heterocycles. The molecule has 0 atom stereocenters. The molecule has 1 amide bonds. The SMILES string of the molecule is O=C1C(=O)N(Cc2cccc(Cl)c2)c2c(F)ccc(F)c21. The first-order valence-electron chi connectivity index (χ1n) is 6.07. The smallest absolute Gasteiger partial charge is 0.297 e. The molecule has 0 spiro atoms. The first kappa shape index (κ1) is 13.7. The summed E-state index contributed by atoms with van der Waals surface area (Å²) < 4.78 is 27.6. The molecule has 0 bridgehead atoms. The fourth-order valence-corrected chi connectivity index (χ4v) is 2.53. The molecule has 0 aliphatic carbocycles. The van der Waals surface area contributed by atoms with Gasteiger partial charge in [-0.15, -0.1) is 0 Å². The average Bonchev–Trinajstić information content (AvgIpc) is 2.69. The highest BCUT2D eigenvalue weighted by Crippen LogP contribution is 2.34. The Morgan fingerprint density at radius 1 is 1.05 bits per heavy atom. The largest absolute Gasteiger partial charge is 0.299 e. The standard InChI is InChI=1S/C15H8ClF2NO2/c16-9-3-1-2-8(6-9)7-19-13-11(18)5-4-10(17)12(13)14(20)15(19)21/h1-6H,7H2. The predicted molar refractivity (Wildman–Crippen MR) is 73.3 cm³/mol. The molecule has 3 nitrogen and oxygen atoms in total. The highest BCUT2D eigenvalue weighted by Gasteiger charge is 2.40. The summed E-state index contributed by atoms with van der Waals surface area (Å²) in [6.07, 6.45) is 0. The minimum atomic E-state index is -1.04. The van der Waals surface area contributed by atoms with E-state index in [2.05, 4.69) is 0 Å². The molecule has 0 saturated carbocycles. The Morgan fingerprint density at radius 3 is 2.48 bits per heavy atom. The van der Waals surface area contributed by atoms with Gasteiger partial charge in [-0.2, -0.15) is 0 Å². The molecule has 0 N–H and O–H groups in total. The summed E-state index contributed by atoms with van der Waals surface area (Å²) in [7, 11) is 0. The first-order chi connectivity index (χ1) is 9.99. The lowest BCUT2D eigenvalue weighted by Gasteiger charge is -2.17. The lowest BCUT2D eigenvalue weighted by molar-refractivity contribution is -0.114. The predicted octanol–water partition coefficient (Wildman–Crippen LogP) is 3.35. The molecular formula is C15H8ClF2NO2. The average molecular weight is 308 g/mol. The number of carbonyl (C=O) groups is 2. The molecule has 3 rings (SSSR count). The van der Waals surface area contributed by atoms with E-state index in [-0.39, 0.29) is 12.2 Å². The van der Waals surface area contributed by atoms with Crippen molar-refractivity contribution in [3.8, 4) is 0 Å². The molecule has 21 heavy (non-hydrogen) atoms. The van der Waals surface area contributed by atoms with Gasteiger partial charge in [-0.3, -0.25) is 14.5 Å². The number of hydrogen-bond acceptors (Lipinski definition) is 2. The number of hydrogen-bond donors (Lipinski definition) is 0. The van der Waals surface area contributed by atoms with E-state index in [1.54, 1.807) is 24.3 Å². The number of carbonyl (C=O) groups excluding carboxylic acids is 2. The molecule has 0 unspecified atom stereocenters. The fourth-order valence-electron chi connectivity index (χ4n) is 2.32. The van der Waals surface area contributed by atoms with Gasteiger partial charge >= 0.3 is 0 Å². The molecule has 6 heteroatoms. The molecule has 1 heterocycles. The van der Waals surface area contributed by atoms with Crippen molar-refractivity contribution in [2.45, 2.75) is 6.54 Å². The molecule has 0 aromatic heterocycles. The second kappa shape index (κ2) is 4.93. The third kappa shape index (κ3) is 2.19. The third-order valence-electron chi connectivity index (χ3n) is 3.24. The van der Waals surface area contributed by atoms with Gasteiger partial charge in [0.25, 0.3) is 11.7 Å². The van der Waals surface area contributed by atoms with Crippen LogP contribution in [0, 0.1) is 11.6 Å². The van der Waals surface area contributed by atoms with Crippen molar-refractivity contribution in [3.05, 3.63) is 64.2 Å².